The van der Waals surface area contributed by atoms with Crippen LogP contribution in [-0.4, -0.2) is 49.3 Å². The standard InChI is InChI=1S/C41H78NO8P/c1-4-6-8-10-12-14-16-18-19-21-23-25-27-29-31-33-40(43)50-39(37-49-51(45,46)48-35-34-42)36-47-41(44)38(3)32-30-28-26-24-22-20-17-15-13-11-9-7-5-2/h18-20,22,38-39H,4-17,21,23-37,42H2,1-3H3,(H,45,46)/b19-18+,22-20+. The van der Waals surface area contributed by atoms with Crippen LogP contribution in [0.1, 0.15) is 188 Å². The molecule has 0 aliphatic rings. The zero-order valence-electron chi connectivity index (χ0n) is 33.0. The van der Waals surface area contributed by atoms with Gasteiger partial charge in [-0.2, -0.15) is 0 Å². The van der Waals surface area contributed by atoms with Crippen molar-refractivity contribution in [3.05, 3.63) is 24.3 Å². The Labute approximate surface area is 312 Å². The number of ether oxygens (including phenoxy) is 2. The molecule has 3 unspecified atom stereocenters. The average Bonchev–Trinajstić information content (AvgIpc) is 3.11. The van der Waals surface area contributed by atoms with Gasteiger partial charge in [-0.3, -0.25) is 18.6 Å². The number of phosphoric acid groups is 1. The Hall–Kier alpha value is -1.51. The van der Waals surface area contributed by atoms with Crippen LogP contribution in [-0.2, 0) is 32.7 Å². The van der Waals surface area contributed by atoms with E-state index in [1.54, 1.807) is 0 Å². The molecule has 9 nitrogen and oxygen atoms in total. The maximum absolute atomic E-state index is 12.7. The third kappa shape index (κ3) is 35.3. The molecule has 0 aliphatic carbocycles. The number of esters is 2. The molecule has 0 aromatic carbocycles. The molecule has 0 aromatic rings. The van der Waals surface area contributed by atoms with Crippen LogP contribution in [0.3, 0.4) is 0 Å². The van der Waals surface area contributed by atoms with E-state index in [0.29, 0.717) is 12.8 Å². The minimum Gasteiger partial charge on any atom is -0.461 e. The predicted octanol–water partition coefficient (Wildman–Crippen LogP) is 11.5. The molecule has 0 aliphatic heterocycles. The fourth-order valence-electron chi connectivity index (χ4n) is 5.69. The first-order chi connectivity index (χ1) is 24.8. The normalized spacial score (nSPS) is 14.2. The van der Waals surface area contributed by atoms with Crippen LogP contribution in [0.15, 0.2) is 24.3 Å². The number of carbonyl (C=O) groups excluding carboxylic acids is 2. The van der Waals surface area contributed by atoms with Crippen molar-refractivity contribution in [1.82, 2.24) is 0 Å². The third-order valence-corrected chi connectivity index (χ3v) is 9.93. The van der Waals surface area contributed by atoms with E-state index in [1.807, 2.05) is 6.92 Å². The molecule has 3 atom stereocenters. The highest BCUT2D eigenvalue weighted by Crippen LogP contribution is 2.43. The minimum atomic E-state index is -4.39. The number of phosphoric ester groups is 1. The van der Waals surface area contributed by atoms with Gasteiger partial charge in [0.15, 0.2) is 6.10 Å². The topological polar surface area (TPSA) is 134 Å². The Morgan fingerprint density at radius 2 is 1.10 bits per heavy atom. The van der Waals surface area contributed by atoms with Crippen LogP contribution >= 0.6 is 7.82 Å². The second-order valence-corrected chi connectivity index (χ2v) is 15.5. The Balaban J connectivity index is 4.34. The van der Waals surface area contributed by atoms with Crippen molar-refractivity contribution in [3.8, 4) is 0 Å². The van der Waals surface area contributed by atoms with Crippen LogP contribution < -0.4 is 5.73 Å². The summed E-state index contributed by atoms with van der Waals surface area (Å²) in [6.45, 7) is 5.51. The van der Waals surface area contributed by atoms with Crippen molar-refractivity contribution in [1.29, 1.82) is 0 Å². The van der Waals surface area contributed by atoms with Gasteiger partial charge in [0.1, 0.15) is 6.61 Å². The molecule has 0 heterocycles. The summed E-state index contributed by atoms with van der Waals surface area (Å²) in [5.74, 6) is -1.15. The molecule has 0 bridgehead atoms. The van der Waals surface area contributed by atoms with Crippen molar-refractivity contribution in [2.75, 3.05) is 26.4 Å². The molecule has 0 saturated heterocycles. The van der Waals surface area contributed by atoms with Gasteiger partial charge in [0.05, 0.1) is 19.1 Å². The first-order valence-electron chi connectivity index (χ1n) is 20.7. The van der Waals surface area contributed by atoms with Gasteiger partial charge >= 0.3 is 19.8 Å². The lowest BCUT2D eigenvalue weighted by Crippen LogP contribution is -2.30. The summed E-state index contributed by atoms with van der Waals surface area (Å²) in [5, 5.41) is 0. The summed E-state index contributed by atoms with van der Waals surface area (Å²) in [6.07, 6.45) is 37.4. The molecule has 0 amide bonds. The molecular weight excluding hydrogens is 665 g/mol. The molecule has 0 fully saturated rings. The Morgan fingerprint density at radius 1 is 0.647 bits per heavy atom. The summed E-state index contributed by atoms with van der Waals surface area (Å²) >= 11 is 0. The SMILES string of the molecule is CCCCCCCC/C=C/CCCCCCCC(=O)OC(COC(=O)C(C)CCCCC/C=C/CCCCCCCC)COP(=O)(O)OCCN. The highest BCUT2D eigenvalue weighted by molar-refractivity contribution is 7.47. The van der Waals surface area contributed by atoms with Crippen LogP contribution in [0, 0.1) is 5.92 Å². The quantitative estimate of drug-likeness (QED) is 0.0274. The maximum atomic E-state index is 12.7. The van der Waals surface area contributed by atoms with E-state index < -0.39 is 32.5 Å². The van der Waals surface area contributed by atoms with Gasteiger partial charge in [-0.1, -0.05) is 141 Å². The zero-order valence-corrected chi connectivity index (χ0v) is 33.9. The first-order valence-corrected chi connectivity index (χ1v) is 22.2. The van der Waals surface area contributed by atoms with E-state index in [2.05, 4.69) is 38.2 Å². The van der Waals surface area contributed by atoms with E-state index in [4.69, 9.17) is 24.3 Å². The van der Waals surface area contributed by atoms with Crippen molar-refractivity contribution >= 4 is 19.8 Å². The molecule has 51 heavy (non-hydrogen) atoms. The Morgan fingerprint density at radius 3 is 1.59 bits per heavy atom. The minimum absolute atomic E-state index is 0.0493. The van der Waals surface area contributed by atoms with Gasteiger partial charge in [0.2, 0.25) is 0 Å². The summed E-state index contributed by atoms with van der Waals surface area (Å²) in [6, 6.07) is 0. The van der Waals surface area contributed by atoms with Crippen molar-refractivity contribution in [2.45, 2.75) is 194 Å². The smallest absolute Gasteiger partial charge is 0.461 e. The number of nitrogens with two attached hydrogens (primary N) is 1. The molecule has 0 rings (SSSR count). The molecule has 0 spiro atoms. The fourth-order valence-corrected chi connectivity index (χ4v) is 6.45. The number of unbranched alkanes of at least 4 members (excludes halogenated alkanes) is 20. The van der Waals surface area contributed by atoms with E-state index >= 15 is 0 Å². The van der Waals surface area contributed by atoms with Gasteiger partial charge < -0.3 is 20.1 Å². The molecule has 10 heteroatoms. The second kappa shape index (κ2) is 36.8. The molecule has 300 valence electrons. The number of hydrogen-bond acceptors (Lipinski definition) is 8. The van der Waals surface area contributed by atoms with Crippen LogP contribution in [0.4, 0.5) is 0 Å². The van der Waals surface area contributed by atoms with E-state index in [-0.39, 0.29) is 32.1 Å². The third-order valence-electron chi connectivity index (χ3n) is 8.95. The van der Waals surface area contributed by atoms with E-state index in [1.165, 1.54) is 83.5 Å². The van der Waals surface area contributed by atoms with E-state index in [9.17, 15) is 19.0 Å². The number of rotatable bonds is 38. The van der Waals surface area contributed by atoms with Crippen LogP contribution in [0.2, 0.25) is 0 Å². The number of allylic oxidation sites excluding steroid dienone is 4. The Kier molecular flexibility index (Phi) is 35.7. The predicted molar refractivity (Wildman–Crippen MR) is 210 cm³/mol. The van der Waals surface area contributed by atoms with Gasteiger partial charge in [-0.15, -0.1) is 0 Å². The van der Waals surface area contributed by atoms with E-state index in [0.717, 1.165) is 64.2 Å². The van der Waals surface area contributed by atoms with Crippen molar-refractivity contribution < 1.29 is 37.6 Å². The highest BCUT2D eigenvalue weighted by Gasteiger charge is 2.26. The molecule has 0 aromatic heterocycles. The summed E-state index contributed by atoms with van der Waals surface area (Å²) in [5.41, 5.74) is 5.35. The molecule has 3 N–H and O–H groups in total. The van der Waals surface area contributed by atoms with Gasteiger partial charge in [-0.05, 0) is 64.2 Å². The summed E-state index contributed by atoms with van der Waals surface area (Å²) < 4.78 is 32.9. The number of hydrogen-bond donors (Lipinski definition) is 2. The van der Waals surface area contributed by atoms with Gasteiger partial charge in [0.25, 0.3) is 0 Å². The fraction of sp³-hybridized carbons (Fsp3) is 0.854. The second-order valence-electron chi connectivity index (χ2n) is 14.0. The average molecular weight is 744 g/mol. The summed E-state index contributed by atoms with van der Waals surface area (Å²) in [4.78, 5) is 35.2. The monoisotopic (exact) mass is 744 g/mol. The lowest BCUT2D eigenvalue weighted by Gasteiger charge is -2.20. The Bertz CT molecular complexity index is 912. The highest BCUT2D eigenvalue weighted by atomic mass is 31.2. The lowest BCUT2D eigenvalue weighted by molar-refractivity contribution is -0.163. The van der Waals surface area contributed by atoms with Gasteiger partial charge in [-0.25, -0.2) is 4.57 Å². The zero-order chi connectivity index (χ0) is 37.7. The first kappa shape index (κ1) is 49.5. The summed E-state index contributed by atoms with van der Waals surface area (Å²) in [7, 11) is -4.39. The molecule has 0 radical (unpaired) electrons. The maximum Gasteiger partial charge on any atom is 0.472 e. The van der Waals surface area contributed by atoms with Crippen LogP contribution in [0.5, 0.6) is 0 Å². The largest absolute Gasteiger partial charge is 0.472 e. The van der Waals surface area contributed by atoms with Gasteiger partial charge in [0, 0.05) is 13.0 Å². The lowest BCUT2D eigenvalue weighted by atomic mass is 10.0. The molecule has 0 saturated carbocycles. The molecular formula is C41H78NO8P. The van der Waals surface area contributed by atoms with Crippen LogP contribution in [0.25, 0.3) is 0 Å². The number of carbonyl (C=O) groups is 2. The van der Waals surface area contributed by atoms with Crippen molar-refractivity contribution in [3.63, 3.8) is 0 Å². The van der Waals surface area contributed by atoms with Crippen molar-refractivity contribution in [2.24, 2.45) is 11.7 Å².